The van der Waals surface area contributed by atoms with E-state index in [9.17, 15) is 13.2 Å². The molecular weight excluding hydrogens is 404 g/mol. The van der Waals surface area contributed by atoms with Crippen molar-refractivity contribution >= 4 is 43.7 Å². The molecule has 1 amide bonds. The zero-order valence-electron chi connectivity index (χ0n) is 16.3. The van der Waals surface area contributed by atoms with Crippen LogP contribution in [0.15, 0.2) is 64.2 Å². The van der Waals surface area contributed by atoms with Gasteiger partial charge < -0.3 is 4.90 Å². The van der Waals surface area contributed by atoms with Crippen molar-refractivity contribution in [2.24, 2.45) is 5.92 Å². The number of piperidine rings is 1. The van der Waals surface area contributed by atoms with Gasteiger partial charge in [0, 0.05) is 30.9 Å². The van der Waals surface area contributed by atoms with Gasteiger partial charge in [0.2, 0.25) is 5.91 Å². The Labute approximate surface area is 175 Å². The first-order valence-electron chi connectivity index (χ1n) is 9.85. The summed E-state index contributed by atoms with van der Waals surface area (Å²) in [6.45, 7) is 3.32. The van der Waals surface area contributed by atoms with Crippen LogP contribution in [-0.4, -0.2) is 38.3 Å². The van der Waals surface area contributed by atoms with Crippen LogP contribution in [0, 0.1) is 5.92 Å². The number of carbonyl (C=O) groups excluding carboxylic acids is 1. The van der Waals surface area contributed by atoms with Crippen molar-refractivity contribution in [3.63, 3.8) is 0 Å². The first-order chi connectivity index (χ1) is 14.0. The second-order valence-corrected chi connectivity index (χ2v) is 10.3. The van der Waals surface area contributed by atoms with Crippen LogP contribution in [0.4, 0.5) is 5.69 Å². The Morgan fingerprint density at radius 3 is 2.48 bits per heavy atom. The van der Waals surface area contributed by atoms with Crippen LogP contribution in [0.25, 0.3) is 10.8 Å². The third kappa shape index (κ3) is 3.82. The molecule has 5 nitrogen and oxygen atoms in total. The van der Waals surface area contributed by atoms with Gasteiger partial charge in [-0.1, -0.05) is 42.5 Å². The molecule has 0 bridgehead atoms. The number of thiophene rings is 1. The van der Waals surface area contributed by atoms with Crippen LogP contribution in [0.1, 0.15) is 19.8 Å². The smallest absolute Gasteiger partial charge is 0.252 e. The van der Waals surface area contributed by atoms with E-state index in [2.05, 4.69) is 0 Å². The maximum absolute atomic E-state index is 13.3. The molecule has 0 N–H and O–H groups in total. The fraction of sp³-hybridized carbons (Fsp3) is 0.318. The average molecular weight is 429 g/mol. The van der Waals surface area contributed by atoms with Crippen LogP contribution in [-0.2, 0) is 14.8 Å². The van der Waals surface area contributed by atoms with Crippen LogP contribution in [0.5, 0.6) is 0 Å². The average Bonchev–Trinajstić information content (AvgIpc) is 3.30. The van der Waals surface area contributed by atoms with Crippen LogP contribution < -0.4 is 4.90 Å². The number of sulfonamides is 1. The largest absolute Gasteiger partial charge is 0.312 e. The highest BCUT2D eigenvalue weighted by Gasteiger charge is 2.34. The van der Waals surface area contributed by atoms with E-state index < -0.39 is 10.0 Å². The molecule has 0 aliphatic carbocycles. The molecule has 152 valence electrons. The maximum atomic E-state index is 13.3. The molecule has 7 heteroatoms. The Kier molecular flexibility index (Phi) is 5.72. The second-order valence-electron chi connectivity index (χ2n) is 7.19. The lowest BCUT2D eigenvalue weighted by molar-refractivity contribution is -0.123. The van der Waals surface area contributed by atoms with Gasteiger partial charge in [0.25, 0.3) is 10.0 Å². The molecule has 1 aromatic heterocycles. The number of carbonyl (C=O) groups is 1. The van der Waals surface area contributed by atoms with Gasteiger partial charge in [-0.15, -0.1) is 11.3 Å². The number of hydrogen-bond acceptors (Lipinski definition) is 4. The van der Waals surface area contributed by atoms with E-state index in [4.69, 9.17) is 0 Å². The highest BCUT2D eigenvalue weighted by Crippen LogP contribution is 2.31. The first-order valence-corrected chi connectivity index (χ1v) is 12.2. The van der Waals surface area contributed by atoms with Gasteiger partial charge in [0.05, 0.1) is 5.69 Å². The summed E-state index contributed by atoms with van der Waals surface area (Å²) in [5, 5.41) is 3.93. The van der Waals surface area contributed by atoms with Crippen molar-refractivity contribution < 1.29 is 13.2 Å². The molecule has 0 atom stereocenters. The van der Waals surface area contributed by atoms with Crippen molar-refractivity contribution in [3.05, 3.63) is 60.0 Å². The maximum Gasteiger partial charge on any atom is 0.252 e. The molecule has 2 heterocycles. The van der Waals surface area contributed by atoms with Crippen molar-refractivity contribution in [3.8, 4) is 0 Å². The summed E-state index contributed by atoms with van der Waals surface area (Å²) < 4.78 is 27.3. The van der Waals surface area contributed by atoms with Gasteiger partial charge in [0.15, 0.2) is 0 Å². The van der Waals surface area contributed by atoms with E-state index in [0.717, 1.165) is 16.5 Å². The van der Waals surface area contributed by atoms with Crippen molar-refractivity contribution in [2.45, 2.75) is 24.0 Å². The van der Waals surface area contributed by atoms with Crippen molar-refractivity contribution in [1.29, 1.82) is 0 Å². The summed E-state index contributed by atoms with van der Waals surface area (Å²) in [6, 6.07) is 17.5. The van der Waals surface area contributed by atoms with E-state index in [1.54, 1.807) is 17.5 Å². The van der Waals surface area contributed by atoms with Gasteiger partial charge in [0.1, 0.15) is 4.21 Å². The number of rotatable bonds is 5. The summed E-state index contributed by atoms with van der Waals surface area (Å²) >= 11 is 1.23. The molecule has 4 rings (SSSR count). The van der Waals surface area contributed by atoms with Gasteiger partial charge in [-0.3, -0.25) is 4.79 Å². The van der Waals surface area contributed by atoms with E-state index in [-0.39, 0.29) is 11.8 Å². The summed E-state index contributed by atoms with van der Waals surface area (Å²) in [5.41, 5.74) is 0.921. The molecule has 3 aromatic rings. The Balaban J connectivity index is 1.51. The molecule has 29 heavy (non-hydrogen) atoms. The molecule has 0 spiro atoms. The Bertz CT molecular complexity index is 1100. The van der Waals surface area contributed by atoms with E-state index in [1.165, 1.54) is 15.6 Å². The zero-order chi connectivity index (χ0) is 20.4. The number of benzene rings is 2. The normalized spacial score (nSPS) is 16.2. The number of nitrogens with zero attached hydrogens (tertiary/aromatic N) is 2. The Morgan fingerprint density at radius 1 is 1.07 bits per heavy atom. The topological polar surface area (TPSA) is 57.7 Å². The van der Waals surface area contributed by atoms with Gasteiger partial charge in [-0.05, 0) is 42.7 Å². The monoisotopic (exact) mass is 428 g/mol. The molecule has 0 radical (unpaired) electrons. The molecule has 1 fully saturated rings. The molecular formula is C22H24N2O3S2. The minimum absolute atomic E-state index is 0.0806. The second kappa shape index (κ2) is 8.26. The molecule has 1 saturated heterocycles. The van der Waals surface area contributed by atoms with Crippen molar-refractivity contribution in [2.75, 3.05) is 24.5 Å². The minimum Gasteiger partial charge on any atom is -0.312 e. The predicted molar refractivity (Wildman–Crippen MR) is 118 cm³/mol. The lowest BCUT2D eigenvalue weighted by atomic mass is 9.95. The highest BCUT2D eigenvalue weighted by atomic mass is 32.2. The van der Waals surface area contributed by atoms with E-state index in [0.29, 0.717) is 36.7 Å². The molecule has 1 aliphatic heterocycles. The molecule has 1 aliphatic rings. The molecule has 0 unspecified atom stereocenters. The Morgan fingerprint density at radius 2 is 1.79 bits per heavy atom. The number of amides is 1. The third-order valence-electron chi connectivity index (χ3n) is 5.53. The number of anilines is 1. The van der Waals surface area contributed by atoms with Crippen LogP contribution in [0.2, 0.25) is 0 Å². The third-order valence-corrected chi connectivity index (χ3v) is 8.80. The fourth-order valence-corrected chi connectivity index (χ4v) is 6.60. The summed E-state index contributed by atoms with van der Waals surface area (Å²) in [4.78, 5) is 15.2. The van der Waals surface area contributed by atoms with E-state index in [1.807, 2.05) is 54.3 Å². The number of fused-ring (bicyclic) bond motifs is 1. The van der Waals surface area contributed by atoms with Gasteiger partial charge in [-0.2, -0.15) is 4.31 Å². The van der Waals surface area contributed by atoms with E-state index >= 15 is 0 Å². The fourth-order valence-electron chi connectivity index (χ4n) is 3.99. The predicted octanol–water partition coefficient (Wildman–Crippen LogP) is 4.36. The molecule has 2 aromatic carbocycles. The van der Waals surface area contributed by atoms with Gasteiger partial charge >= 0.3 is 0 Å². The SMILES string of the molecule is CCN(C(=O)C1CCN(S(=O)(=O)c2cccs2)CC1)c1cccc2ccccc12. The van der Waals surface area contributed by atoms with Crippen molar-refractivity contribution in [1.82, 2.24) is 4.31 Å². The summed E-state index contributed by atoms with van der Waals surface area (Å²) in [7, 11) is -3.45. The van der Waals surface area contributed by atoms with Crippen LogP contribution >= 0.6 is 11.3 Å². The quantitative estimate of drug-likeness (QED) is 0.607. The number of hydrogen-bond donors (Lipinski definition) is 0. The summed E-state index contributed by atoms with van der Waals surface area (Å²) in [6.07, 6.45) is 1.09. The zero-order valence-corrected chi connectivity index (χ0v) is 18.0. The first kappa shape index (κ1) is 20.1. The minimum atomic E-state index is -3.45. The van der Waals surface area contributed by atoms with Crippen LogP contribution in [0.3, 0.4) is 0 Å². The highest BCUT2D eigenvalue weighted by molar-refractivity contribution is 7.91. The Hall–Kier alpha value is -2.22. The molecule has 0 saturated carbocycles. The lowest BCUT2D eigenvalue weighted by Crippen LogP contribution is -2.44. The summed E-state index contributed by atoms with van der Waals surface area (Å²) in [5.74, 6) is -0.0827. The standard InChI is InChI=1S/C22H24N2O3S2/c1-2-24(20-10-5-8-17-7-3-4-9-19(17)20)22(25)18-12-14-23(15-13-18)29(26,27)21-11-6-16-28-21/h3-11,16,18H,2,12-15H2,1H3. The van der Waals surface area contributed by atoms with Gasteiger partial charge in [-0.25, -0.2) is 8.42 Å². The lowest BCUT2D eigenvalue weighted by Gasteiger charge is -2.33.